The second-order valence-corrected chi connectivity index (χ2v) is 6.03. The molecule has 0 unspecified atom stereocenters. The molecule has 4 nitrogen and oxygen atoms in total. The zero-order chi connectivity index (χ0) is 15.4. The molecule has 0 spiro atoms. The molecule has 118 valence electrons. The highest BCUT2D eigenvalue weighted by molar-refractivity contribution is 5.92. The molecule has 0 aliphatic carbocycles. The van der Waals surface area contributed by atoms with Crippen molar-refractivity contribution < 1.29 is 4.74 Å². The lowest BCUT2D eigenvalue weighted by atomic mass is 10.1. The molecule has 1 aromatic carbocycles. The van der Waals surface area contributed by atoms with E-state index in [9.17, 15) is 0 Å². The molecule has 1 aliphatic heterocycles. The first-order chi connectivity index (χ1) is 10.8. The van der Waals surface area contributed by atoms with Crippen molar-refractivity contribution in [1.29, 1.82) is 0 Å². The number of ether oxygens (including phenoxy) is 1. The van der Waals surface area contributed by atoms with Crippen molar-refractivity contribution in [1.82, 2.24) is 9.88 Å². The van der Waals surface area contributed by atoms with E-state index in [1.54, 1.807) is 0 Å². The monoisotopic (exact) mass is 299 g/mol. The van der Waals surface area contributed by atoms with Gasteiger partial charge in [-0.1, -0.05) is 18.2 Å². The number of hydrogen-bond donors (Lipinski definition) is 1. The number of pyridine rings is 1. The van der Waals surface area contributed by atoms with Gasteiger partial charge in [0.25, 0.3) is 0 Å². The smallest absolute Gasteiger partial charge is 0.0751 e. The van der Waals surface area contributed by atoms with Crippen LogP contribution in [0.1, 0.15) is 18.4 Å². The van der Waals surface area contributed by atoms with E-state index in [2.05, 4.69) is 46.4 Å². The Bertz CT molecular complexity index is 621. The summed E-state index contributed by atoms with van der Waals surface area (Å²) in [6.07, 6.45) is 4.64. The highest BCUT2D eigenvalue weighted by Gasteiger charge is 2.17. The number of nitrogens with one attached hydrogen (secondary N) is 1. The Hall–Kier alpha value is -1.65. The minimum atomic E-state index is 0.455. The normalized spacial score (nSPS) is 17.0. The molecule has 4 heteroatoms. The maximum atomic E-state index is 5.42. The predicted molar refractivity (Wildman–Crippen MR) is 91.4 cm³/mol. The number of benzene rings is 1. The first kappa shape index (κ1) is 15.3. The van der Waals surface area contributed by atoms with Gasteiger partial charge in [0.1, 0.15) is 0 Å². The third-order valence-electron chi connectivity index (χ3n) is 4.58. The third kappa shape index (κ3) is 3.39. The Labute approximate surface area is 132 Å². The fourth-order valence-electron chi connectivity index (χ4n) is 3.20. The van der Waals surface area contributed by atoms with Gasteiger partial charge in [-0.15, -0.1) is 0 Å². The van der Waals surface area contributed by atoms with E-state index in [-0.39, 0.29) is 0 Å². The first-order valence-electron chi connectivity index (χ1n) is 8.11. The Morgan fingerprint density at radius 1 is 1.27 bits per heavy atom. The number of aromatic nitrogens is 1. The largest absolute Gasteiger partial charge is 0.383 e. The van der Waals surface area contributed by atoms with Crippen molar-refractivity contribution in [2.24, 2.45) is 0 Å². The number of nitrogens with zero attached hydrogens (tertiary/aromatic N) is 2. The van der Waals surface area contributed by atoms with Gasteiger partial charge >= 0.3 is 0 Å². The maximum absolute atomic E-state index is 5.42. The van der Waals surface area contributed by atoms with E-state index in [4.69, 9.17) is 4.74 Å². The summed E-state index contributed by atoms with van der Waals surface area (Å²) in [4.78, 5) is 7.00. The van der Waals surface area contributed by atoms with Crippen LogP contribution < -0.4 is 5.32 Å². The average molecular weight is 299 g/mol. The lowest BCUT2D eigenvalue weighted by Crippen LogP contribution is -2.39. The lowest BCUT2D eigenvalue weighted by molar-refractivity contribution is 0.0423. The molecule has 1 aromatic heterocycles. The number of fused-ring (bicyclic) bond motifs is 1. The van der Waals surface area contributed by atoms with E-state index in [0.717, 1.165) is 44.5 Å². The number of hydrogen-bond acceptors (Lipinski definition) is 4. The molecule has 0 saturated carbocycles. The summed E-state index contributed by atoms with van der Waals surface area (Å²) in [5.74, 6) is 0. The van der Waals surface area contributed by atoms with Crippen LogP contribution in [0, 0.1) is 6.92 Å². The van der Waals surface area contributed by atoms with Crippen molar-refractivity contribution in [2.45, 2.75) is 25.9 Å². The molecule has 3 rings (SSSR count). The van der Waals surface area contributed by atoms with Crippen LogP contribution in [0.3, 0.4) is 0 Å². The molecular weight excluding hydrogens is 274 g/mol. The van der Waals surface area contributed by atoms with Crippen LogP contribution in [0.4, 0.5) is 5.69 Å². The van der Waals surface area contributed by atoms with Crippen LogP contribution >= 0.6 is 0 Å². The van der Waals surface area contributed by atoms with Crippen LogP contribution in [0.2, 0.25) is 0 Å². The SMILES string of the molecule is COC1CCN(CCNc2ccnc3c(C)cccc23)CC1. The Kier molecular flexibility index (Phi) is 4.90. The Morgan fingerprint density at radius 3 is 2.86 bits per heavy atom. The van der Waals surface area contributed by atoms with Crippen LogP contribution in [0.5, 0.6) is 0 Å². The maximum Gasteiger partial charge on any atom is 0.0751 e. The van der Waals surface area contributed by atoms with E-state index < -0.39 is 0 Å². The zero-order valence-corrected chi connectivity index (χ0v) is 13.5. The molecule has 0 bridgehead atoms. The van der Waals surface area contributed by atoms with Gasteiger partial charge in [0, 0.05) is 50.6 Å². The summed E-state index contributed by atoms with van der Waals surface area (Å²) < 4.78 is 5.42. The van der Waals surface area contributed by atoms with E-state index in [1.165, 1.54) is 16.6 Å². The van der Waals surface area contributed by atoms with Crippen molar-refractivity contribution in [2.75, 3.05) is 38.6 Å². The standard InChI is InChI=1S/C18H25N3O/c1-14-4-3-5-16-17(6-9-20-18(14)16)19-10-13-21-11-7-15(22-2)8-12-21/h3-6,9,15H,7-8,10-13H2,1-2H3,(H,19,20). The number of rotatable bonds is 5. The highest BCUT2D eigenvalue weighted by atomic mass is 16.5. The van der Waals surface area contributed by atoms with Gasteiger partial charge < -0.3 is 15.0 Å². The minimum absolute atomic E-state index is 0.455. The molecular formula is C18H25N3O. The van der Waals surface area contributed by atoms with Gasteiger partial charge in [0.05, 0.1) is 11.6 Å². The number of methoxy groups -OCH3 is 1. The number of anilines is 1. The predicted octanol–water partition coefficient (Wildman–Crippen LogP) is 3.07. The summed E-state index contributed by atoms with van der Waals surface area (Å²) in [7, 11) is 1.82. The van der Waals surface area contributed by atoms with Crippen LogP contribution in [-0.2, 0) is 4.74 Å². The van der Waals surface area contributed by atoms with Crippen LogP contribution in [-0.4, -0.2) is 49.3 Å². The minimum Gasteiger partial charge on any atom is -0.383 e. The van der Waals surface area contributed by atoms with Gasteiger partial charge in [-0.05, 0) is 31.4 Å². The molecule has 1 saturated heterocycles. The molecule has 2 heterocycles. The number of piperidine rings is 1. The quantitative estimate of drug-likeness (QED) is 0.921. The van der Waals surface area contributed by atoms with Gasteiger partial charge in [-0.25, -0.2) is 0 Å². The Balaban J connectivity index is 1.57. The first-order valence-corrected chi connectivity index (χ1v) is 8.11. The third-order valence-corrected chi connectivity index (χ3v) is 4.58. The average Bonchev–Trinajstić information content (AvgIpc) is 2.56. The number of likely N-dealkylation sites (tertiary alicyclic amines) is 1. The zero-order valence-electron chi connectivity index (χ0n) is 13.5. The molecule has 2 aromatic rings. The summed E-state index contributed by atoms with van der Waals surface area (Å²) in [6, 6.07) is 8.42. The molecule has 0 radical (unpaired) electrons. The van der Waals surface area contributed by atoms with Crippen LogP contribution in [0.25, 0.3) is 10.9 Å². The summed E-state index contributed by atoms with van der Waals surface area (Å²) in [5.41, 5.74) is 3.50. The van der Waals surface area contributed by atoms with Gasteiger partial charge in [0.2, 0.25) is 0 Å². The second-order valence-electron chi connectivity index (χ2n) is 6.03. The topological polar surface area (TPSA) is 37.4 Å². The Morgan fingerprint density at radius 2 is 2.09 bits per heavy atom. The second kappa shape index (κ2) is 7.07. The van der Waals surface area contributed by atoms with Crippen LogP contribution in [0.15, 0.2) is 30.5 Å². The fourth-order valence-corrected chi connectivity index (χ4v) is 3.20. The summed E-state index contributed by atoms with van der Waals surface area (Å²) in [6.45, 7) is 6.42. The van der Waals surface area contributed by atoms with E-state index in [0.29, 0.717) is 6.10 Å². The summed E-state index contributed by atoms with van der Waals surface area (Å²) >= 11 is 0. The van der Waals surface area contributed by atoms with Crippen molar-refractivity contribution in [3.8, 4) is 0 Å². The van der Waals surface area contributed by atoms with Crippen molar-refractivity contribution in [3.63, 3.8) is 0 Å². The molecule has 0 amide bonds. The summed E-state index contributed by atoms with van der Waals surface area (Å²) in [5, 5.41) is 4.78. The molecule has 0 atom stereocenters. The van der Waals surface area contributed by atoms with E-state index >= 15 is 0 Å². The van der Waals surface area contributed by atoms with Gasteiger partial charge in [-0.2, -0.15) is 0 Å². The highest BCUT2D eigenvalue weighted by Crippen LogP contribution is 2.23. The molecule has 1 fully saturated rings. The molecule has 1 aliphatic rings. The molecule has 22 heavy (non-hydrogen) atoms. The number of para-hydroxylation sites is 1. The molecule has 1 N–H and O–H groups in total. The fraction of sp³-hybridized carbons (Fsp3) is 0.500. The number of aryl methyl sites for hydroxylation is 1. The van der Waals surface area contributed by atoms with Gasteiger partial charge in [-0.3, -0.25) is 4.98 Å². The van der Waals surface area contributed by atoms with Crippen molar-refractivity contribution in [3.05, 3.63) is 36.0 Å². The van der Waals surface area contributed by atoms with Crippen molar-refractivity contribution >= 4 is 16.6 Å². The van der Waals surface area contributed by atoms with Gasteiger partial charge in [0.15, 0.2) is 0 Å². The lowest BCUT2D eigenvalue weighted by Gasteiger charge is -2.31. The van der Waals surface area contributed by atoms with E-state index in [1.807, 2.05) is 13.3 Å².